The summed E-state index contributed by atoms with van der Waals surface area (Å²) in [6.45, 7) is 2.12. The third kappa shape index (κ3) is 4.49. The average molecular weight is 374 g/mol. The van der Waals surface area contributed by atoms with E-state index >= 15 is 0 Å². The van der Waals surface area contributed by atoms with Crippen LogP contribution in [0, 0.1) is 0 Å². The fourth-order valence-electron chi connectivity index (χ4n) is 2.78. The number of ether oxygens (including phenoxy) is 1. The number of morpholine rings is 1. The van der Waals surface area contributed by atoms with Crippen LogP contribution in [0.2, 0.25) is 0 Å². The van der Waals surface area contributed by atoms with Gasteiger partial charge in [-0.05, 0) is 36.2 Å². The van der Waals surface area contributed by atoms with Crippen molar-refractivity contribution in [1.29, 1.82) is 0 Å². The lowest BCUT2D eigenvalue weighted by Crippen LogP contribution is -2.40. The van der Waals surface area contributed by atoms with Gasteiger partial charge in [0.25, 0.3) is 5.91 Å². The predicted octanol–water partition coefficient (Wildman–Crippen LogP) is 1.68. The summed E-state index contributed by atoms with van der Waals surface area (Å²) in [5.41, 5.74) is 1.60. The average Bonchev–Trinajstić information content (AvgIpc) is 2.69. The van der Waals surface area contributed by atoms with E-state index in [1.807, 2.05) is 18.2 Å². The van der Waals surface area contributed by atoms with Crippen LogP contribution < -0.4 is 5.32 Å². The quantitative estimate of drug-likeness (QED) is 0.835. The Morgan fingerprint density at radius 2 is 1.65 bits per heavy atom. The molecule has 0 atom stereocenters. The van der Waals surface area contributed by atoms with E-state index in [0.717, 1.165) is 5.56 Å². The Labute approximate surface area is 153 Å². The zero-order valence-electron chi connectivity index (χ0n) is 14.4. The van der Waals surface area contributed by atoms with Gasteiger partial charge in [-0.1, -0.05) is 30.3 Å². The van der Waals surface area contributed by atoms with Gasteiger partial charge >= 0.3 is 0 Å². The molecule has 0 aliphatic carbocycles. The van der Waals surface area contributed by atoms with E-state index < -0.39 is 10.0 Å². The van der Waals surface area contributed by atoms with Gasteiger partial charge in [-0.25, -0.2) is 8.42 Å². The van der Waals surface area contributed by atoms with Crippen LogP contribution in [0.15, 0.2) is 59.5 Å². The molecule has 1 aliphatic rings. The van der Waals surface area contributed by atoms with E-state index in [-0.39, 0.29) is 10.8 Å². The molecule has 26 heavy (non-hydrogen) atoms. The molecule has 6 nitrogen and oxygen atoms in total. The lowest BCUT2D eigenvalue weighted by molar-refractivity contribution is 0.0730. The highest BCUT2D eigenvalue weighted by atomic mass is 32.2. The minimum atomic E-state index is -3.47. The van der Waals surface area contributed by atoms with Gasteiger partial charge < -0.3 is 10.1 Å². The van der Waals surface area contributed by atoms with E-state index in [2.05, 4.69) is 5.32 Å². The van der Waals surface area contributed by atoms with Crippen LogP contribution in [0.5, 0.6) is 0 Å². The lowest BCUT2D eigenvalue weighted by Gasteiger charge is -2.26. The van der Waals surface area contributed by atoms with Crippen molar-refractivity contribution in [3.63, 3.8) is 0 Å². The van der Waals surface area contributed by atoms with Gasteiger partial charge in [0.05, 0.1) is 18.1 Å². The smallest absolute Gasteiger partial charge is 0.251 e. The second-order valence-electron chi connectivity index (χ2n) is 6.03. The first kappa shape index (κ1) is 18.6. The topological polar surface area (TPSA) is 75.7 Å². The van der Waals surface area contributed by atoms with E-state index in [4.69, 9.17) is 4.74 Å². The van der Waals surface area contributed by atoms with Gasteiger partial charge in [-0.15, -0.1) is 0 Å². The lowest BCUT2D eigenvalue weighted by atomic mass is 10.1. The molecule has 1 heterocycles. The van der Waals surface area contributed by atoms with Crippen molar-refractivity contribution >= 4 is 15.9 Å². The van der Waals surface area contributed by atoms with Crippen LogP contribution in [0.1, 0.15) is 15.9 Å². The molecule has 1 N–H and O–H groups in total. The summed E-state index contributed by atoms with van der Waals surface area (Å²) in [4.78, 5) is 12.3. The number of hydrogen-bond acceptors (Lipinski definition) is 4. The van der Waals surface area contributed by atoms with Crippen molar-refractivity contribution in [3.05, 3.63) is 65.7 Å². The molecule has 1 fully saturated rings. The highest BCUT2D eigenvalue weighted by molar-refractivity contribution is 7.89. The third-order valence-corrected chi connectivity index (χ3v) is 6.18. The number of carbonyl (C=O) groups is 1. The summed E-state index contributed by atoms with van der Waals surface area (Å²) in [6, 6.07) is 15.9. The SMILES string of the molecule is O=C(NCCc1ccc(S(=O)(=O)N2CCOCC2)cc1)c1ccccc1. The molecule has 0 aromatic heterocycles. The first-order valence-corrected chi connectivity index (χ1v) is 10.0. The molecular formula is C19H22N2O4S. The van der Waals surface area contributed by atoms with Crippen LogP contribution in [0.25, 0.3) is 0 Å². The van der Waals surface area contributed by atoms with Crippen LogP contribution >= 0.6 is 0 Å². The number of nitrogens with zero attached hydrogens (tertiary/aromatic N) is 1. The third-order valence-electron chi connectivity index (χ3n) is 4.27. The summed E-state index contributed by atoms with van der Waals surface area (Å²) in [6.07, 6.45) is 0.635. The maximum absolute atomic E-state index is 12.6. The van der Waals surface area contributed by atoms with Gasteiger partial charge in [0, 0.05) is 25.2 Å². The molecular weight excluding hydrogens is 352 g/mol. The number of carbonyl (C=O) groups excluding carboxylic acids is 1. The Balaban J connectivity index is 1.55. The molecule has 0 bridgehead atoms. The van der Waals surface area contributed by atoms with Crippen molar-refractivity contribution in [1.82, 2.24) is 9.62 Å². The van der Waals surface area contributed by atoms with Crippen molar-refractivity contribution in [3.8, 4) is 0 Å². The second-order valence-corrected chi connectivity index (χ2v) is 7.97. The number of nitrogens with one attached hydrogen (secondary N) is 1. The molecule has 2 aromatic carbocycles. The van der Waals surface area contributed by atoms with Gasteiger partial charge in [0.1, 0.15) is 0 Å². The largest absolute Gasteiger partial charge is 0.379 e. The van der Waals surface area contributed by atoms with Crippen molar-refractivity contribution in [2.45, 2.75) is 11.3 Å². The normalized spacial score (nSPS) is 15.5. The predicted molar refractivity (Wildman–Crippen MR) is 98.5 cm³/mol. The molecule has 0 radical (unpaired) electrons. The number of hydrogen-bond donors (Lipinski definition) is 1. The molecule has 138 valence electrons. The summed E-state index contributed by atoms with van der Waals surface area (Å²) in [7, 11) is -3.47. The van der Waals surface area contributed by atoms with Crippen LogP contribution in [0.4, 0.5) is 0 Å². The first-order valence-electron chi connectivity index (χ1n) is 8.57. The molecule has 2 aromatic rings. The van der Waals surface area contributed by atoms with Gasteiger partial charge in [-0.3, -0.25) is 4.79 Å². The zero-order chi connectivity index (χ0) is 18.4. The second kappa shape index (κ2) is 8.44. The van der Waals surface area contributed by atoms with E-state index in [0.29, 0.717) is 44.8 Å². The van der Waals surface area contributed by atoms with Crippen molar-refractivity contribution in [2.24, 2.45) is 0 Å². The Morgan fingerprint density at radius 3 is 2.31 bits per heavy atom. The maximum atomic E-state index is 12.6. The summed E-state index contributed by atoms with van der Waals surface area (Å²) in [5.74, 6) is -0.114. The highest BCUT2D eigenvalue weighted by Crippen LogP contribution is 2.17. The molecule has 1 amide bonds. The molecule has 0 spiro atoms. The molecule has 0 saturated carbocycles. The highest BCUT2D eigenvalue weighted by Gasteiger charge is 2.25. The van der Waals surface area contributed by atoms with E-state index in [9.17, 15) is 13.2 Å². The minimum absolute atomic E-state index is 0.114. The van der Waals surface area contributed by atoms with Crippen LogP contribution in [-0.2, 0) is 21.2 Å². The zero-order valence-corrected chi connectivity index (χ0v) is 15.2. The Hall–Kier alpha value is -2.22. The van der Waals surface area contributed by atoms with Gasteiger partial charge in [0.2, 0.25) is 10.0 Å². The van der Waals surface area contributed by atoms with Crippen LogP contribution in [0.3, 0.4) is 0 Å². The number of benzene rings is 2. The number of amides is 1. The molecule has 7 heteroatoms. The van der Waals surface area contributed by atoms with Crippen LogP contribution in [-0.4, -0.2) is 51.5 Å². The monoisotopic (exact) mass is 374 g/mol. The van der Waals surface area contributed by atoms with Gasteiger partial charge in [-0.2, -0.15) is 4.31 Å². The van der Waals surface area contributed by atoms with Crippen molar-refractivity contribution in [2.75, 3.05) is 32.8 Å². The summed E-state index contributed by atoms with van der Waals surface area (Å²) in [5, 5.41) is 2.86. The summed E-state index contributed by atoms with van der Waals surface area (Å²) >= 11 is 0. The fraction of sp³-hybridized carbons (Fsp3) is 0.316. The Morgan fingerprint density at radius 1 is 1.00 bits per heavy atom. The van der Waals surface area contributed by atoms with Gasteiger partial charge in [0.15, 0.2) is 0 Å². The maximum Gasteiger partial charge on any atom is 0.251 e. The van der Waals surface area contributed by atoms with Crippen molar-refractivity contribution < 1.29 is 17.9 Å². The molecule has 1 saturated heterocycles. The number of sulfonamides is 1. The minimum Gasteiger partial charge on any atom is -0.379 e. The first-order chi connectivity index (χ1) is 12.6. The molecule has 0 unspecified atom stereocenters. The standard InChI is InChI=1S/C19H22N2O4S/c22-19(17-4-2-1-3-5-17)20-11-10-16-6-8-18(9-7-16)26(23,24)21-12-14-25-15-13-21/h1-9H,10-15H2,(H,20,22). The Kier molecular flexibility index (Phi) is 6.03. The van der Waals surface area contributed by atoms with E-state index in [1.54, 1.807) is 36.4 Å². The summed E-state index contributed by atoms with van der Waals surface area (Å²) < 4.78 is 31.8. The Bertz CT molecular complexity index is 830. The molecule has 1 aliphatic heterocycles. The molecule has 3 rings (SSSR count). The fourth-order valence-corrected chi connectivity index (χ4v) is 4.18. The van der Waals surface area contributed by atoms with E-state index in [1.165, 1.54) is 4.31 Å². The number of rotatable bonds is 6.